The van der Waals surface area contributed by atoms with Crippen molar-refractivity contribution in [3.63, 3.8) is 0 Å². The van der Waals surface area contributed by atoms with Crippen LogP contribution in [0.4, 0.5) is 0 Å². The van der Waals surface area contributed by atoms with Gasteiger partial charge in [-0.1, -0.05) is 75.2 Å². The number of carboxylic acid groups (broad SMARTS) is 2. The first-order chi connectivity index (χ1) is 12.5. The van der Waals surface area contributed by atoms with Crippen molar-refractivity contribution in [2.75, 3.05) is 0 Å². The van der Waals surface area contributed by atoms with E-state index < -0.39 is 11.9 Å². The molecule has 0 atom stereocenters. The quantitative estimate of drug-likeness (QED) is 0.644. The van der Waals surface area contributed by atoms with Gasteiger partial charge in [-0.2, -0.15) is 0 Å². The van der Waals surface area contributed by atoms with E-state index in [2.05, 4.69) is 13.8 Å². The second-order valence-corrected chi connectivity index (χ2v) is 6.18. The minimum atomic E-state index is -1.11. The number of hydrogen-bond acceptors (Lipinski definition) is 4. The summed E-state index contributed by atoms with van der Waals surface area (Å²) in [4.78, 5) is 20.8. The molecule has 0 saturated carbocycles. The van der Waals surface area contributed by atoms with Crippen molar-refractivity contribution >= 4 is 49.7 Å². The van der Waals surface area contributed by atoms with Gasteiger partial charge in [0, 0.05) is 0 Å². The van der Waals surface area contributed by atoms with E-state index in [0.717, 1.165) is 38.5 Å². The summed E-state index contributed by atoms with van der Waals surface area (Å²) in [5, 5.41) is 20.8. The largest absolute Gasteiger partial charge is 2.00 e. The van der Waals surface area contributed by atoms with E-state index in [1.54, 1.807) is 24.3 Å². The average Bonchev–Trinajstić information content (AvgIpc) is 2.66. The van der Waals surface area contributed by atoms with E-state index in [1.807, 2.05) is 24.3 Å². The van der Waals surface area contributed by atoms with Crippen LogP contribution in [0.3, 0.4) is 0 Å². The molecule has 0 aromatic heterocycles. The molecule has 0 unspecified atom stereocenters. The maximum atomic E-state index is 10.4. The van der Waals surface area contributed by atoms with Crippen LogP contribution >= 0.6 is 0 Å². The molecule has 0 radical (unpaired) electrons. The van der Waals surface area contributed by atoms with E-state index in [-0.39, 0.29) is 48.9 Å². The molecule has 0 aliphatic rings. The fraction of sp³-hybridized carbons (Fsp3) is 0.364. The van der Waals surface area contributed by atoms with Crippen LogP contribution in [-0.4, -0.2) is 49.7 Å². The number of carbonyl (C=O) groups excluding carboxylic acids is 2. The average molecular weight is 395 g/mol. The summed E-state index contributed by atoms with van der Waals surface area (Å²) in [5.74, 6) is -2.22. The number of benzene rings is 2. The molecule has 27 heavy (non-hydrogen) atoms. The number of aromatic carboxylic acids is 2. The van der Waals surface area contributed by atoms with Crippen molar-refractivity contribution in [2.24, 2.45) is 0 Å². The van der Waals surface area contributed by atoms with Crippen molar-refractivity contribution in [2.45, 2.75) is 52.4 Å². The van der Waals surface area contributed by atoms with Crippen LogP contribution in [0.5, 0.6) is 0 Å². The molecule has 0 saturated heterocycles. The van der Waals surface area contributed by atoms with Gasteiger partial charge in [0.15, 0.2) is 0 Å². The molecule has 4 nitrogen and oxygen atoms in total. The number of carboxylic acids is 2. The maximum Gasteiger partial charge on any atom is 2.00 e. The molecule has 0 heterocycles. The number of carbonyl (C=O) groups is 2. The Labute approximate surface area is 191 Å². The first-order valence-corrected chi connectivity index (χ1v) is 9.08. The van der Waals surface area contributed by atoms with Gasteiger partial charge in [-0.3, -0.25) is 0 Å². The zero-order valence-corrected chi connectivity index (χ0v) is 18.4. The van der Waals surface area contributed by atoms with Gasteiger partial charge in [0.2, 0.25) is 0 Å². The molecule has 2 rings (SSSR count). The van der Waals surface area contributed by atoms with Gasteiger partial charge in [-0.25, -0.2) is 0 Å². The molecular weight excluding hydrogens is 368 g/mol. The summed E-state index contributed by atoms with van der Waals surface area (Å²) in [6, 6.07) is 13.8. The molecule has 0 fully saturated rings. The van der Waals surface area contributed by atoms with Gasteiger partial charge >= 0.3 is 37.7 Å². The van der Waals surface area contributed by atoms with Gasteiger partial charge < -0.3 is 19.8 Å². The first-order valence-electron chi connectivity index (χ1n) is 9.08. The molecule has 140 valence electrons. The Morgan fingerprint density at radius 3 is 1.19 bits per heavy atom. The molecule has 0 aliphatic heterocycles. The minimum absolute atomic E-state index is 0. The van der Waals surface area contributed by atoms with E-state index in [9.17, 15) is 19.8 Å². The van der Waals surface area contributed by atoms with Crippen molar-refractivity contribution < 1.29 is 19.8 Å². The summed E-state index contributed by atoms with van der Waals surface area (Å²) < 4.78 is 0. The molecule has 0 bridgehead atoms. The minimum Gasteiger partial charge on any atom is -0.545 e. The van der Waals surface area contributed by atoms with Crippen LogP contribution in [0.2, 0.25) is 0 Å². The second kappa shape index (κ2) is 14.7. The Morgan fingerprint density at radius 2 is 0.963 bits per heavy atom. The van der Waals surface area contributed by atoms with E-state index >= 15 is 0 Å². The summed E-state index contributed by atoms with van der Waals surface area (Å²) in [6.07, 6.45) is 6.63. The van der Waals surface area contributed by atoms with Gasteiger partial charge in [0.25, 0.3) is 0 Å². The van der Waals surface area contributed by atoms with Crippen molar-refractivity contribution in [3.8, 4) is 0 Å². The topological polar surface area (TPSA) is 80.3 Å². The fourth-order valence-electron chi connectivity index (χ4n) is 2.38. The number of hydrogen-bond donors (Lipinski definition) is 0. The fourth-order valence-corrected chi connectivity index (χ4v) is 2.38. The van der Waals surface area contributed by atoms with Crippen molar-refractivity contribution in [1.29, 1.82) is 0 Å². The third-order valence-corrected chi connectivity index (χ3v) is 4.02. The smallest absolute Gasteiger partial charge is 0.545 e. The Balaban J connectivity index is 0.000000483. The molecule has 0 aliphatic carbocycles. The van der Waals surface area contributed by atoms with Crippen LogP contribution in [0, 0.1) is 0 Å². The third kappa shape index (κ3) is 10.5. The number of aryl methyl sites for hydroxylation is 2. The van der Waals surface area contributed by atoms with Crippen LogP contribution in [0.15, 0.2) is 48.5 Å². The van der Waals surface area contributed by atoms with Crippen LogP contribution in [0.25, 0.3) is 0 Å². The zero-order valence-electron chi connectivity index (χ0n) is 16.2. The summed E-state index contributed by atoms with van der Waals surface area (Å²) in [5.41, 5.74) is 2.87. The maximum absolute atomic E-state index is 10.4. The monoisotopic (exact) mass is 394 g/mol. The molecule has 5 heteroatoms. The van der Waals surface area contributed by atoms with Gasteiger partial charge in [-0.15, -0.1) is 0 Å². The van der Waals surface area contributed by atoms with Gasteiger partial charge in [-0.05, 0) is 47.9 Å². The Kier molecular flexibility index (Phi) is 13.9. The van der Waals surface area contributed by atoms with E-state index in [4.69, 9.17) is 0 Å². The Bertz CT molecular complexity index is 617. The second-order valence-electron chi connectivity index (χ2n) is 6.18. The molecule has 2 aromatic rings. The normalized spacial score (nSPS) is 9.56. The molecule has 2 aromatic carbocycles. The number of rotatable bonds is 8. The standard InChI is InChI=1S/2C11H14O2.Ca/c2*1-2-3-4-9-5-7-10(8-6-9)11(12)13;/h2*5-8H,2-4H2,1H3,(H,12,13);/q;;+2/p-2. The Morgan fingerprint density at radius 1 is 0.667 bits per heavy atom. The zero-order chi connectivity index (χ0) is 19.4. The van der Waals surface area contributed by atoms with Crippen molar-refractivity contribution in [1.82, 2.24) is 0 Å². The number of unbranched alkanes of at least 4 members (excludes halogenated alkanes) is 2. The van der Waals surface area contributed by atoms with Crippen molar-refractivity contribution in [3.05, 3.63) is 70.8 Å². The SMILES string of the molecule is CCCCc1ccc(C(=O)[O-])cc1.CCCCc1ccc(C(=O)[O-])cc1.[Ca+2]. The Hall–Kier alpha value is -1.36. The molecule has 0 spiro atoms. The molecule has 0 N–H and O–H groups in total. The van der Waals surface area contributed by atoms with E-state index in [0.29, 0.717) is 0 Å². The summed E-state index contributed by atoms with van der Waals surface area (Å²) >= 11 is 0. The predicted octanol–water partition coefficient (Wildman–Crippen LogP) is 2.40. The van der Waals surface area contributed by atoms with Crippen LogP contribution in [0.1, 0.15) is 71.4 Å². The first kappa shape index (κ1) is 25.6. The molecular formula is C22H26CaO4. The predicted molar refractivity (Wildman–Crippen MR) is 105 cm³/mol. The van der Waals surface area contributed by atoms with Gasteiger partial charge in [0.05, 0.1) is 11.9 Å². The van der Waals surface area contributed by atoms with Crippen LogP contribution < -0.4 is 10.2 Å². The van der Waals surface area contributed by atoms with E-state index in [1.165, 1.54) is 11.1 Å². The van der Waals surface area contributed by atoms with Gasteiger partial charge in [0.1, 0.15) is 0 Å². The van der Waals surface area contributed by atoms with Crippen LogP contribution in [-0.2, 0) is 12.8 Å². The molecule has 0 amide bonds. The third-order valence-electron chi connectivity index (χ3n) is 4.02. The summed E-state index contributed by atoms with van der Waals surface area (Å²) in [6.45, 7) is 4.27. The summed E-state index contributed by atoms with van der Waals surface area (Å²) in [7, 11) is 0.